The molecule has 0 amide bonds. The second kappa shape index (κ2) is 3.72. The van der Waals surface area contributed by atoms with E-state index >= 15 is 0 Å². The summed E-state index contributed by atoms with van der Waals surface area (Å²) in [7, 11) is 0. The predicted octanol–water partition coefficient (Wildman–Crippen LogP) is -1.19. The highest BCUT2D eigenvalue weighted by atomic mass is 16.6. The molecule has 5 N–H and O–H groups in total. The van der Waals surface area contributed by atoms with Crippen LogP contribution in [0.3, 0.4) is 0 Å². The molecule has 2 aliphatic rings. The maximum Gasteiger partial charge on any atom is 0.147 e. The summed E-state index contributed by atoms with van der Waals surface area (Å²) in [5.74, 6) is 0.358. The van der Waals surface area contributed by atoms with Crippen molar-refractivity contribution in [2.45, 2.75) is 36.4 Å². The minimum Gasteiger partial charge on any atom is -0.394 e. The van der Waals surface area contributed by atoms with Gasteiger partial charge in [0.1, 0.15) is 47.2 Å². The summed E-state index contributed by atoms with van der Waals surface area (Å²) in [4.78, 5) is 8.12. The zero-order valence-corrected chi connectivity index (χ0v) is 11.3. The van der Waals surface area contributed by atoms with Crippen LogP contribution in [0.4, 0.5) is 5.82 Å². The molecule has 8 nitrogen and oxygen atoms in total. The Morgan fingerprint density at radius 3 is 2.86 bits per heavy atom. The monoisotopic (exact) mass is 292 g/mol. The second-order valence-electron chi connectivity index (χ2n) is 5.84. The highest BCUT2D eigenvalue weighted by Gasteiger charge is 2.85. The van der Waals surface area contributed by atoms with Crippen LogP contribution in [0.1, 0.15) is 13.0 Å². The lowest BCUT2D eigenvalue weighted by Gasteiger charge is -2.22. The first-order chi connectivity index (χ1) is 9.95. The molecular weight excluding hydrogens is 276 g/mol. The zero-order chi connectivity index (χ0) is 15.0. The molecule has 0 spiro atoms. The Morgan fingerprint density at radius 1 is 1.48 bits per heavy atom. The minimum atomic E-state index is -1.45. The average Bonchev–Trinajstić information content (AvgIpc) is 2.77. The molecule has 0 bridgehead atoms. The van der Waals surface area contributed by atoms with Gasteiger partial charge < -0.3 is 30.4 Å². The van der Waals surface area contributed by atoms with Crippen molar-refractivity contribution in [2.24, 2.45) is 0 Å². The van der Waals surface area contributed by atoms with Crippen molar-refractivity contribution in [3.63, 3.8) is 0 Å². The van der Waals surface area contributed by atoms with Crippen molar-refractivity contribution in [2.75, 3.05) is 12.3 Å². The molecule has 1 aliphatic carbocycles. The van der Waals surface area contributed by atoms with Crippen molar-refractivity contribution >= 4 is 16.9 Å². The van der Waals surface area contributed by atoms with Gasteiger partial charge in [-0.3, -0.25) is 0 Å². The summed E-state index contributed by atoms with van der Waals surface area (Å²) in [5.41, 5.74) is 3.96. The van der Waals surface area contributed by atoms with Gasteiger partial charge in [0.05, 0.1) is 12.0 Å². The van der Waals surface area contributed by atoms with Gasteiger partial charge in [-0.1, -0.05) is 0 Å². The number of nitrogen functional groups attached to an aromatic ring is 1. The van der Waals surface area contributed by atoms with Gasteiger partial charge in [-0.2, -0.15) is 0 Å². The maximum atomic E-state index is 10.8. The first kappa shape index (κ1) is 13.0. The number of nitrogens with zero attached hydrogens (tertiary/aromatic N) is 3. The van der Waals surface area contributed by atoms with Gasteiger partial charge in [0.15, 0.2) is 0 Å². The third-order valence-corrected chi connectivity index (χ3v) is 4.85. The van der Waals surface area contributed by atoms with E-state index in [2.05, 4.69) is 9.97 Å². The molecule has 2 aromatic rings. The van der Waals surface area contributed by atoms with Crippen LogP contribution in [0.25, 0.3) is 11.0 Å². The molecule has 5 unspecified atom stereocenters. The Balaban J connectivity index is 1.81. The number of ether oxygens (including phenoxy) is 1. The summed E-state index contributed by atoms with van der Waals surface area (Å²) in [5, 5.41) is 30.9. The SMILES string of the molecule is CC12OC(CO)C(O)C1(O)C2n1ccc2c(N)ncnc21. The van der Waals surface area contributed by atoms with E-state index in [4.69, 9.17) is 10.5 Å². The number of fused-ring (bicyclic) bond motifs is 2. The van der Waals surface area contributed by atoms with E-state index in [9.17, 15) is 15.3 Å². The third kappa shape index (κ3) is 1.29. The minimum absolute atomic E-state index is 0.340. The molecule has 0 radical (unpaired) electrons. The normalized spacial score (nSPS) is 41.4. The summed E-state index contributed by atoms with van der Waals surface area (Å²) < 4.78 is 7.40. The molecular formula is C13H16N4O4. The van der Waals surface area contributed by atoms with E-state index in [0.717, 1.165) is 0 Å². The number of nitrogens with two attached hydrogens (primary N) is 1. The van der Waals surface area contributed by atoms with Gasteiger partial charge in [-0.25, -0.2) is 9.97 Å². The summed E-state index contributed by atoms with van der Waals surface area (Å²) >= 11 is 0. The Morgan fingerprint density at radius 2 is 2.24 bits per heavy atom. The van der Waals surface area contributed by atoms with E-state index in [-0.39, 0.29) is 6.61 Å². The zero-order valence-electron chi connectivity index (χ0n) is 11.3. The van der Waals surface area contributed by atoms with Crippen LogP contribution < -0.4 is 5.73 Å². The maximum absolute atomic E-state index is 10.8. The molecule has 1 aliphatic heterocycles. The van der Waals surface area contributed by atoms with Gasteiger partial charge in [0.2, 0.25) is 0 Å². The Labute approximate surface area is 119 Å². The van der Waals surface area contributed by atoms with Crippen molar-refractivity contribution < 1.29 is 20.1 Å². The molecule has 2 aromatic heterocycles. The van der Waals surface area contributed by atoms with Gasteiger partial charge >= 0.3 is 0 Å². The lowest BCUT2D eigenvalue weighted by atomic mass is 10.1. The first-order valence-corrected chi connectivity index (χ1v) is 6.71. The van der Waals surface area contributed by atoms with Crippen molar-refractivity contribution in [3.8, 4) is 0 Å². The lowest BCUT2D eigenvalue weighted by Crippen LogP contribution is -2.39. The van der Waals surface area contributed by atoms with Gasteiger partial charge in [-0.05, 0) is 13.0 Å². The van der Waals surface area contributed by atoms with Crippen LogP contribution in [0.2, 0.25) is 0 Å². The first-order valence-electron chi connectivity index (χ1n) is 6.71. The fourth-order valence-electron chi connectivity index (χ4n) is 3.67. The van der Waals surface area contributed by atoms with E-state index in [1.165, 1.54) is 6.33 Å². The molecule has 1 saturated carbocycles. The van der Waals surface area contributed by atoms with Crippen LogP contribution in [-0.4, -0.2) is 59.9 Å². The lowest BCUT2D eigenvalue weighted by molar-refractivity contribution is -0.0726. The van der Waals surface area contributed by atoms with E-state index < -0.39 is 29.5 Å². The highest BCUT2D eigenvalue weighted by molar-refractivity contribution is 5.86. The van der Waals surface area contributed by atoms with E-state index in [0.29, 0.717) is 16.9 Å². The predicted molar refractivity (Wildman–Crippen MR) is 72.3 cm³/mol. The number of aromatic nitrogens is 3. The standard InChI is InChI=1S/C13H16N4O4/c1-12-11(13(12,20)8(19)7(4-18)21-12)17-3-2-6-9(14)15-5-16-10(6)17/h2-3,5,7-8,11,18-20H,4H2,1H3,(H2,14,15,16). The number of anilines is 1. The second-order valence-corrected chi connectivity index (χ2v) is 5.84. The van der Waals surface area contributed by atoms with Gasteiger partial charge in [0.25, 0.3) is 0 Å². The van der Waals surface area contributed by atoms with E-state index in [1.54, 1.807) is 23.8 Å². The summed E-state index contributed by atoms with van der Waals surface area (Å²) in [6.45, 7) is 1.38. The smallest absolute Gasteiger partial charge is 0.147 e. The largest absolute Gasteiger partial charge is 0.394 e. The van der Waals surface area contributed by atoms with Crippen molar-refractivity contribution in [3.05, 3.63) is 18.6 Å². The van der Waals surface area contributed by atoms with Crippen LogP contribution in [-0.2, 0) is 4.74 Å². The van der Waals surface area contributed by atoms with Crippen molar-refractivity contribution in [1.29, 1.82) is 0 Å². The number of hydrogen-bond donors (Lipinski definition) is 4. The number of hydrogen-bond acceptors (Lipinski definition) is 7. The summed E-state index contributed by atoms with van der Waals surface area (Å²) in [6.07, 6.45) is 1.16. The number of rotatable bonds is 2. The van der Waals surface area contributed by atoms with E-state index in [1.807, 2.05) is 0 Å². The fourth-order valence-corrected chi connectivity index (χ4v) is 3.67. The molecule has 0 aromatic carbocycles. The molecule has 4 rings (SSSR count). The van der Waals surface area contributed by atoms with Crippen LogP contribution in [0.5, 0.6) is 0 Å². The van der Waals surface area contributed by atoms with Crippen LogP contribution >= 0.6 is 0 Å². The Bertz CT molecular complexity index is 734. The number of aliphatic hydroxyl groups excluding tert-OH is 2. The molecule has 1 saturated heterocycles. The van der Waals surface area contributed by atoms with Crippen LogP contribution in [0.15, 0.2) is 18.6 Å². The molecule has 5 atom stereocenters. The van der Waals surface area contributed by atoms with Gasteiger partial charge in [-0.15, -0.1) is 0 Å². The molecule has 112 valence electrons. The average molecular weight is 292 g/mol. The Hall–Kier alpha value is -1.74. The third-order valence-electron chi connectivity index (χ3n) is 4.85. The van der Waals surface area contributed by atoms with Crippen LogP contribution in [0, 0.1) is 0 Å². The summed E-state index contributed by atoms with van der Waals surface area (Å²) in [6, 6.07) is 1.27. The topological polar surface area (TPSA) is 127 Å². The van der Waals surface area contributed by atoms with Crippen molar-refractivity contribution in [1.82, 2.24) is 14.5 Å². The molecule has 2 fully saturated rings. The number of aliphatic hydroxyl groups is 3. The highest BCUT2D eigenvalue weighted by Crippen LogP contribution is 2.67. The molecule has 3 heterocycles. The molecule has 8 heteroatoms. The quantitative estimate of drug-likeness (QED) is 0.548. The molecule has 21 heavy (non-hydrogen) atoms. The fraction of sp³-hybridized carbons (Fsp3) is 0.538. The van der Waals surface area contributed by atoms with Gasteiger partial charge in [0, 0.05) is 6.20 Å². The Kier molecular flexibility index (Phi) is 2.29.